The van der Waals surface area contributed by atoms with E-state index < -0.39 is 69.1 Å². The van der Waals surface area contributed by atoms with Crippen LogP contribution in [-0.2, 0) is 35.7 Å². The lowest BCUT2D eigenvalue weighted by Gasteiger charge is -2.38. The fraction of sp³-hybridized carbons (Fsp3) is 0.703. The quantitative estimate of drug-likeness (QED) is 0.238. The van der Waals surface area contributed by atoms with Gasteiger partial charge in [-0.1, -0.05) is 84.9 Å². The number of carbonyl (C=O) groups is 5. The molecule has 1 unspecified atom stereocenters. The van der Waals surface area contributed by atoms with Gasteiger partial charge < -0.3 is 26.6 Å². The minimum absolute atomic E-state index is 0.0579. The summed E-state index contributed by atoms with van der Waals surface area (Å²) in [6, 6.07) is 2.94. The Bertz CT molecular complexity index is 1680. The average molecular weight is 727 g/mol. The van der Waals surface area contributed by atoms with Gasteiger partial charge in [0.05, 0.1) is 10.9 Å². The fourth-order valence-electron chi connectivity index (χ4n) is 8.85. The third-order valence-electron chi connectivity index (χ3n) is 12.2. The van der Waals surface area contributed by atoms with E-state index in [4.69, 9.17) is 5.73 Å². The van der Waals surface area contributed by atoms with E-state index in [1.54, 1.807) is 12.1 Å². The Labute approximate surface area is 301 Å². The van der Waals surface area contributed by atoms with Crippen molar-refractivity contribution in [3.05, 3.63) is 29.8 Å². The molecule has 3 saturated carbocycles. The van der Waals surface area contributed by atoms with Crippen LogP contribution >= 0.6 is 0 Å². The number of nitrogens with one attached hydrogen (secondary N) is 3. The van der Waals surface area contributed by atoms with Gasteiger partial charge >= 0.3 is 6.03 Å². The zero-order valence-electron chi connectivity index (χ0n) is 30.4. The van der Waals surface area contributed by atoms with E-state index in [-0.39, 0.29) is 42.2 Å². The summed E-state index contributed by atoms with van der Waals surface area (Å²) < 4.78 is 28.4. The van der Waals surface area contributed by atoms with Gasteiger partial charge in [0, 0.05) is 25.7 Å². The maximum atomic E-state index is 14.5. The van der Waals surface area contributed by atoms with Gasteiger partial charge in [0.25, 0.3) is 5.91 Å². The Hall–Kier alpha value is -3.52. The highest BCUT2D eigenvalue weighted by Gasteiger charge is 2.70. The van der Waals surface area contributed by atoms with Crippen molar-refractivity contribution in [3.63, 3.8) is 0 Å². The number of nitrogens with zero attached hydrogens (tertiary/aromatic N) is 2. The Kier molecular flexibility index (Phi) is 10.1. The molecule has 0 spiro atoms. The Morgan fingerprint density at radius 2 is 1.63 bits per heavy atom. The van der Waals surface area contributed by atoms with E-state index in [2.05, 4.69) is 29.8 Å². The third-order valence-corrected chi connectivity index (χ3v) is 14.1. The molecule has 6 atom stereocenters. The van der Waals surface area contributed by atoms with Gasteiger partial charge in [-0.3, -0.25) is 19.2 Å². The molecule has 0 aromatic heterocycles. The highest BCUT2D eigenvalue weighted by molar-refractivity contribution is 7.89. The Balaban J connectivity index is 1.19. The number of ketones is 1. The lowest BCUT2D eigenvalue weighted by atomic mass is 9.83. The van der Waals surface area contributed by atoms with Gasteiger partial charge in [0.1, 0.15) is 12.1 Å². The number of benzene rings is 1. The molecule has 2 heterocycles. The van der Waals surface area contributed by atoms with Gasteiger partial charge in [-0.05, 0) is 65.4 Å². The molecule has 13 nitrogen and oxygen atoms in total. The van der Waals surface area contributed by atoms with Crippen molar-refractivity contribution >= 4 is 39.6 Å². The number of piperidine rings is 1. The molecular weight excluding hydrogens is 673 g/mol. The van der Waals surface area contributed by atoms with Crippen molar-refractivity contribution in [3.8, 4) is 0 Å². The summed E-state index contributed by atoms with van der Waals surface area (Å²) >= 11 is 0. The first-order valence-corrected chi connectivity index (χ1v) is 19.9. The normalized spacial score (nSPS) is 27.0. The molecule has 4 fully saturated rings. The SMILES string of the molecule is CC(C)(C)[C@H](NC(=O)N[C@H](CN1Cc2ccccc2S1(=O)=O)C1CCCCC1)C(=O)N1C[C@H]2[C@@H]([C@H]1C(=O)NC(CC1CC1)C(=O)C(N)=O)C2(C)C. The number of urea groups is 1. The molecule has 1 aromatic rings. The van der Waals surface area contributed by atoms with Crippen LogP contribution in [0.15, 0.2) is 29.2 Å². The molecule has 2 aliphatic heterocycles. The number of primary amides is 1. The number of rotatable bonds is 12. The summed E-state index contributed by atoms with van der Waals surface area (Å²) in [5.41, 5.74) is 5.10. The molecule has 0 radical (unpaired) electrons. The minimum atomic E-state index is -3.72. The zero-order valence-corrected chi connectivity index (χ0v) is 31.3. The lowest BCUT2D eigenvalue weighted by molar-refractivity contribution is -0.145. The van der Waals surface area contributed by atoms with Crippen LogP contribution in [-0.4, -0.2) is 84.4 Å². The van der Waals surface area contributed by atoms with Crippen molar-refractivity contribution in [1.29, 1.82) is 0 Å². The standard InChI is InChI=1S/C37H54N6O7S/c1-36(2,3)31(34(47)43-19-24-28(37(24,4)5)29(43)33(46)39-25(17-21-15-16-21)30(44)32(38)45)41-35(48)40-26(22-11-7-6-8-12-22)20-42-18-23-13-9-10-14-27(23)51(42,49)50/h9-10,13-14,21-22,24-26,28-29,31H,6-8,11-12,15-20H2,1-5H3,(H2,38,45)(H,39,46)(H2,40,41,48)/t24-,25?,26+,28-,29-,31+/m0/s1. The molecule has 51 heavy (non-hydrogen) atoms. The predicted molar refractivity (Wildman–Crippen MR) is 189 cm³/mol. The first-order valence-electron chi connectivity index (χ1n) is 18.5. The summed E-state index contributed by atoms with van der Waals surface area (Å²) in [5.74, 6) is -2.65. The van der Waals surface area contributed by atoms with E-state index >= 15 is 0 Å². The molecule has 280 valence electrons. The largest absolute Gasteiger partial charge is 0.363 e. The molecule has 6 rings (SSSR count). The van der Waals surface area contributed by atoms with E-state index in [1.165, 1.54) is 9.21 Å². The number of nitrogens with two attached hydrogens (primary N) is 1. The van der Waals surface area contributed by atoms with Gasteiger partial charge in [0.15, 0.2) is 0 Å². The molecule has 0 bridgehead atoms. The number of Topliss-reactive ketones (excluding diaryl/α,β-unsaturated/α-hetero) is 1. The number of hydrogen-bond donors (Lipinski definition) is 4. The number of fused-ring (bicyclic) bond motifs is 2. The minimum Gasteiger partial charge on any atom is -0.363 e. The molecule has 3 aliphatic carbocycles. The fourth-order valence-corrected chi connectivity index (χ4v) is 10.5. The van der Waals surface area contributed by atoms with Crippen molar-refractivity contribution in [2.75, 3.05) is 13.1 Å². The second kappa shape index (κ2) is 13.8. The summed E-state index contributed by atoms with van der Waals surface area (Å²) in [4.78, 5) is 68.7. The van der Waals surface area contributed by atoms with Crippen LogP contribution in [0.2, 0.25) is 0 Å². The monoisotopic (exact) mass is 726 g/mol. The lowest BCUT2D eigenvalue weighted by Crippen LogP contribution is -2.62. The Morgan fingerprint density at radius 1 is 0.961 bits per heavy atom. The van der Waals surface area contributed by atoms with E-state index in [9.17, 15) is 32.4 Å². The van der Waals surface area contributed by atoms with Gasteiger partial charge in [0.2, 0.25) is 27.6 Å². The highest BCUT2D eigenvalue weighted by Crippen LogP contribution is 2.65. The summed E-state index contributed by atoms with van der Waals surface area (Å²) in [7, 11) is -3.72. The number of carbonyl (C=O) groups excluding carboxylic acids is 5. The molecule has 14 heteroatoms. The molecule has 5 amide bonds. The molecular formula is C37H54N6O7S. The summed E-state index contributed by atoms with van der Waals surface area (Å²) in [5, 5.41) is 8.79. The van der Waals surface area contributed by atoms with Crippen LogP contribution in [0.4, 0.5) is 4.79 Å². The maximum absolute atomic E-state index is 14.5. The molecule has 1 saturated heterocycles. The number of likely N-dealkylation sites (tertiary alicyclic amines) is 1. The van der Waals surface area contributed by atoms with Crippen molar-refractivity contribution in [2.45, 2.75) is 122 Å². The average Bonchev–Trinajstić information content (AvgIpc) is 3.89. The maximum Gasteiger partial charge on any atom is 0.315 e. The number of amides is 5. The van der Waals surface area contributed by atoms with Crippen molar-refractivity contribution in [1.82, 2.24) is 25.2 Å². The molecule has 5 aliphatic rings. The first kappa shape index (κ1) is 37.2. The van der Waals surface area contributed by atoms with E-state index in [1.807, 2.05) is 32.9 Å². The van der Waals surface area contributed by atoms with Crippen LogP contribution in [0.5, 0.6) is 0 Å². The predicted octanol–water partition coefficient (Wildman–Crippen LogP) is 2.68. The van der Waals surface area contributed by atoms with Crippen LogP contribution in [0.25, 0.3) is 0 Å². The Morgan fingerprint density at radius 3 is 2.24 bits per heavy atom. The zero-order chi connectivity index (χ0) is 37.0. The van der Waals surface area contributed by atoms with Crippen LogP contribution in [0.1, 0.15) is 91.5 Å². The van der Waals surface area contributed by atoms with Crippen molar-refractivity contribution in [2.24, 2.45) is 40.2 Å². The second-order valence-corrected chi connectivity index (χ2v) is 19.1. The second-order valence-electron chi connectivity index (χ2n) is 17.2. The van der Waals surface area contributed by atoms with Crippen LogP contribution < -0.4 is 21.7 Å². The first-order chi connectivity index (χ1) is 23.9. The van der Waals surface area contributed by atoms with Gasteiger partial charge in [-0.25, -0.2) is 13.2 Å². The smallest absolute Gasteiger partial charge is 0.315 e. The summed E-state index contributed by atoms with van der Waals surface area (Å²) in [6.07, 6.45) is 6.93. The number of sulfonamides is 1. The van der Waals surface area contributed by atoms with E-state index in [0.717, 1.165) is 50.5 Å². The van der Waals surface area contributed by atoms with Gasteiger partial charge in [-0.2, -0.15) is 4.31 Å². The van der Waals surface area contributed by atoms with Crippen LogP contribution in [0.3, 0.4) is 0 Å². The highest BCUT2D eigenvalue weighted by atomic mass is 32.2. The van der Waals surface area contributed by atoms with E-state index in [0.29, 0.717) is 17.9 Å². The van der Waals surface area contributed by atoms with Crippen molar-refractivity contribution < 1.29 is 32.4 Å². The summed E-state index contributed by atoms with van der Waals surface area (Å²) in [6.45, 7) is 10.3. The third kappa shape index (κ3) is 7.53. The molecule has 5 N–H and O–H groups in total. The molecule has 1 aromatic carbocycles. The number of hydrogen-bond acceptors (Lipinski definition) is 7. The topological polar surface area (TPSA) is 188 Å². The van der Waals surface area contributed by atoms with Gasteiger partial charge in [-0.15, -0.1) is 0 Å². The van der Waals surface area contributed by atoms with Crippen LogP contribution in [0, 0.1) is 34.5 Å².